The fourth-order valence-electron chi connectivity index (χ4n) is 6.29. The fourth-order valence-corrected chi connectivity index (χ4v) is 7.39. The molecule has 0 bridgehead atoms. The van der Waals surface area contributed by atoms with E-state index in [1.807, 2.05) is 17.0 Å². The first-order chi connectivity index (χ1) is 17.7. The predicted molar refractivity (Wildman–Crippen MR) is 149 cm³/mol. The highest BCUT2D eigenvalue weighted by molar-refractivity contribution is 9.10. The van der Waals surface area contributed by atoms with E-state index in [0.29, 0.717) is 56.2 Å². The molecule has 0 saturated carbocycles. The number of hydrogen-bond donors (Lipinski definition) is 2. The summed E-state index contributed by atoms with van der Waals surface area (Å²) < 4.78 is 1.71. The number of pyridine rings is 1. The molecule has 0 spiro atoms. The molecule has 37 heavy (non-hydrogen) atoms. The van der Waals surface area contributed by atoms with Crippen LogP contribution in [0.5, 0.6) is 0 Å². The molecule has 1 aromatic carbocycles. The quantitative estimate of drug-likeness (QED) is 0.486. The molecule has 1 atom stereocenters. The van der Waals surface area contributed by atoms with Crippen LogP contribution in [0, 0.1) is 11.8 Å². The minimum Gasteiger partial charge on any atom is -0.378 e. The molecule has 1 aromatic heterocycles. The van der Waals surface area contributed by atoms with E-state index in [0.717, 1.165) is 51.3 Å². The summed E-state index contributed by atoms with van der Waals surface area (Å²) in [7, 11) is 0. The number of urea groups is 1. The summed E-state index contributed by atoms with van der Waals surface area (Å²) in [5, 5.41) is 13.2. The van der Waals surface area contributed by atoms with Crippen molar-refractivity contribution in [2.45, 2.75) is 50.5 Å². The predicted octanol–water partition coefficient (Wildman–Crippen LogP) is 5.01. The molecule has 2 fully saturated rings. The number of nitrogens with zero attached hydrogens (tertiary/aromatic N) is 3. The van der Waals surface area contributed by atoms with E-state index < -0.39 is 5.60 Å². The van der Waals surface area contributed by atoms with E-state index in [1.54, 1.807) is 11.1 Å². The number of carbonyl (C=O) groups is 2. The number of nitrogens with two attached hydrogens (primary N) is 1. The van der Waals surface area contributed by atoms with Gasteiger partial charge in [0.1, 0.15) is 5.60 Å². The lowest BCUT2D eigenvalue weighted by Gasteiger charge is -2.42. The molecule has 3 heterocycles. The van der Waals surface area contributed by atoms with Crippen LogP contribution >= 0.6 is 43.5 Å². The Labute approximate surface area is 239 Å². The number of primary amides is 1. The van der Waals surface area contributed by atoms with E-state index in [-0.39, 0.29) is 23.8 Å². The number of likely N-dealkylation sites (tertiary alicyclic amines) is 2. The first-order valence-corrected chi connectivity index (χ1v) is 14.8. The Morgan fingerprint density at radius 1 is 1.08 bits per heavy atom. The number of piperidine rings is 2. The van der Waals surface area contributed by atoms with Crippen molar-refractivity contribution in [3.8, 4) is 0 Å². The van der Waals surface area contributed by atoms with Gasteiger partial charge in [-0.05, 0) is 105 Å². The van der Waals surface area contributed by atoms with Crippen LogP contribution < -0.4 is 5.73 Å². The molecule has 0 radical (unpaired) electrons. The number of amides is 3. The van der Waals surface area contributed by atoms with Crippen LogP contribution in [0.4, 0.5) is 4.79 Å². The topological polar surface area (TPSA) is 99.8 Å². The highest BCUT2D eigenvalue weighted by Gasteiger charge is 2.47. The maximum absolute atomic E-state index is 13.1. The molecule has 3 amide bonds. The van der Waals surface area contributed by atoms with Crippen LogP contribution in [-0.4, -0.2) is 58.0 Å². The largest absolute Gasteiger partial charge is 0.378 e. The molecule has 1 unspecified atom stereocenters. The Hall–Kier alpha value is -1.68. The van der Waals surface area contributed by atoms with Crippen LogP contribution in [-0.2, 0) is 23.2 Å². The first-order valence-electron chi connectivity index (χ1n) is 12.8. The van der Waals surface area contributed by atoms with Crippen molar-refractivity contribution in [1.82, 2.24) is 14.8 Å². The standard InChI is InChI=1S/C27H31Br2ClN4O3/c28-19-14-17-1-2-20-21(3-4-22(30)24(20)29)27(37,25(17)32-15-19)18-7-11-33(12-8-18)23(35)13-16-5-9-34(10-6-16)26(31)36/h3-4,14-16,18,37H,1-2,5-13H2,(H2,31,36). The van der Waals surface area contributed by atoms with Gasteiger partial charge >= 0.3 is 6.03 Å². The van der Waals surface area contributed by atoms with Crippen molar-refractivity contribution in [2.24, 2.45) is 17.6 Å². The average molecular weight is 655 g/mol. The summed E-state index contributed by atoms with van der Waals surface area (Å²) >= 11 is 13.7. The maximum atomic E-state index is 13.1. The van der Waals surface area contributed by atoms with Gasteiger partial charge < -0.3 is 20.6 Å². The third-order valence-corrected chi connectivity index (χ3v) is 10.3. The summed E-state index contributed by atoms with van der Waals surface area (Å²) in [6, 6.07) is 5.44. The van der Waals surface area contributed by atoms with Gasteiger partial charge in [0, 0.05) is 53.7 Å². The Morgan fingerprint density at radius 2 is 1.76 bits per heavy atom. The number of hydrogen-bond acceptors (Lipinski definition) is 4. The van der Waals surface area contributed by atoms with Crippen LogP contribution in [0.3, 0.4) is 0 Å². The Balaban J connectivity index is 1.34. The maximum Gasteiger partial charge on any atom is 0.314 e. The fraction of sp³-hybridized carbons (Fsp3) is 0.519. The highest BCUT2D eigenvalue weighted by atomic mass is 79.9. The van der Waals surface area contributed by atoms with Gasteiger partial charge in [-0.2, -0.15) is 0 Å². The molecule has 3 aliphatic rings. The minimum atomic E-state index is -1.27. The minimum absolute atomic E-state index is 0.0901. The number of benzene rings is 1. The molecule has 2 aromatic rings. The number of aliphatic hydroxyl groups is 1. The zero-order chi connectivity index (χ0) is 26.3. The van der Waals surface area contributed by atoms with Crippen LogP contribution in [0.1, 0.15) is 54.5 Å². The Bertz CT molecular complexity index is 1210. The molecule has 10 heteroatoms. The second-order valence-corrected chi connectivity index (χ2v) is 12.6. The molecule has 7 nitrogen and oxygen atoms in total. The normalized spacial score (nSPS) is 22.8. The lowest BCUT2D eigenvalue weighted by atomic mass is 9.72. The SMILES string of the molecule is NC(=O)N1CCC(CC(=O)N2CCC(C3(O)c4ccc(Cl)c(Br)c4CCc4cc(Br)cnc43)CC2)CC1. The molecule has 1 aliphatic carbocycles. The number of fused-ring (bicyclic) bond motifs is 2. The van der Waals surface area contributed by atoms with Gasteiger partial charge in [0.25, 0.3) is 0 Å². The summed E-state index contributed by atoms with van der Waals surface area (Å²) in [5.74, 6) is 0.337. The Morgan fingerprint density at radius 3 is 2.43 bits per heavy atom. The third-order valence-electron chi connectivity index (χ3n) is 8.37. The van der Waals surface area contributed by atoms with Gasteiger partial charge in [-0.15, -0.1) is 0 Å². The second-order valence-electron chi connectivity index (χ2n) is 10.4. The number of aryl methyl sites for hydroxylation is 1. The monoisotopic (exact) mass is 652 g/mol. The van der Waals surface area contributed by atoms with Gasteiger partial charge in [0.05, 0.1) is 10.7 Å². The van der Waals surface area contributed by atoms with Gasteiger partial charge in [-0.25, -0.2) is 4.79 Å². The molecule has 198 valence electrons. The van der Waals surface area contributed by atoms with Gasteiger partial charge in [-0.3, -0.25) is 9.78 Å². The molecular formula is C27H31Br2ClN4O3. The van der Waals surface area contributed by atoms with E-state index >= 15 is 0 Å². The first kappa shape index (κ1) is 26.9. The van der Waals surface area contributed by atoms with Crippen molar-refractivity contribution in [3.63, 3.8) is 0 Å². The zero-order valence-corrected chi connectivity index (χ0v) is 24.5. The highest BCUT2D eigenvalue weighted by Crippen LogP contribution is 2.48. The number of carbonyl (C=O) groups excluding carboxylic acids is 2. The van der Waals surface area contributed by atoms with Gasteiger partial charge in [-0.1, -0.05) is 17.7 Å². The van der Waals surface area contributed by atoms with E-state index in [1.165, 1.54) is 0 Å². The molecule has 3 N–H and O–H groups in total. The van der Waals surface area contributed by atoms with Crippen molar-refractivity contribution >= 4 is 55.4 Å². The van der Waals surface area contributed by atoms with E-state index in [4.69, 9.17) is 22.3 Å². The van der Waals surface area contributed by atoms with Crippen LogP contribution in [0.2, 0.25) is 5.02 Å². The third kappa shape index (κ3) is 5.16. The molecule has 5 rings (SSSR count). The van der Waals surface area contributed by atoms with Crippen LogP contribution in [0.15, 0.2) is 33.3 Å². The van der Waals surface area contributed by atoms with Crippen molar-refractivity contribution in [2.75, 3.05) is 26.2 Å². The summed E-state index contributed by atoms with van der Waals surface area (Å²) in [6.07, 6.45) is 6.71. The lowest BCUT2D eigenvalue weighted by molar-refractivity contribution is -0.135. The molecule has 2 aliphatic heterocycles. The number of rotatable bonds is 3. The van der Waals surface area contributed by atoms with E-state index in [9.17, 15) is 14.7 Å². The number of aromatic nitrogens is 1. The molecule has 2 saturated heterocycles. The summed E-state index contributed by atoms with van der Waals surface area (Å²) in [5.41, 5.74) is 7.71. The van der Waals surface area contributed by atoms with Crippen molar-refractivity contribution in [3.05, 3.63) is 60.7 Å². The zero-order valence-electron chi connectivity index (χ0n) is 20.6. The van der Waals surface area contributed by atoms with Gasteiger partial charge in [0.2, 0.25) is 5.91 Å². The molecular weight excluding hydrogens is 624 g/mol. The number of halogens is 3. The van der Waals surface area contributed by atoms with Crippen LogP contribution in [0.25, 0.3) is 0 Å². The van der Waals surface area contributed by atoms with Gasteiger partial charge in [0.15, 0.2) is 0 Å². The smallest absolute Gasteiger partial charge is 0.314 e. The van der Waals surface area contributed by atoms with E-state index in [2.05, 4.69) is 37.9 Å². The summed E-state index contributed by atoms with van der Waals surface area (Å²) in [6.45, 7) is 2.43. The van der Waals surface area contributed by atoms with Crippen molar-refractivity contribution < 1.29 is 14.7 Å². The Kier molecular flexibility index (Phi) is 7.87. The van der Waals surface area contributed by atoms with Crippen molar-refractivity contribution in [1.29, 1.82) is 0 Å². The lowest BCUT2D eigenvalue weighted by Crippen LogP contribution is -2.47. The second kappa shape index (κ2) is 10.8. The average Bonchev–Trinajstić information content (AvgIpc) is 3.01. The summed E-state index contributed by atoms with van der Waals surface area (Å²) in [4.78, 5) is 32.8.